The number of aromatic nitrogens is 1. The van der Waals surface area contributed by atoms with Crippen LogP contribution in [0.25, 0.3) is 11.5 Å². The lowest BCUT2D eigenvalue weighted by Gasteiger charge is -2.06. The van der Waals surface area contributed by atoms with Crippen molar-refractivity contribution in [2.75, 3.05) is 5.75 Å². The van der Waals surface area contributed by atoms with Crippen LogP contribution >= 0.6 is 11.8 Å². The summed E-state index contributed by atoms with van der Waals surface area (Å²) in [5, 5.41) is 0. The fraction of sp³-hybridized carbons (Fsp3) is 0.304. The number of hydrogen-bond acceptors (Lipinski definition) is 4. The standard InChI is InChI=1S/C23H25NO2S/c1-15-6-5-7-19(10-15)23-24-22(18(4)26-23)14-27-13-21(25)12-20-11-16(2)8-9-17(20)3/h5-11H,12-14H2,1-4H3. The molecule has 0 bridgehead atoms. The monoisotopic (exact) mass is 379 g/mol. The van der Waals surface area contributed by atoms with Crippen LogP contribution in [0.4, 0.5) is 0 Å². The summed E-state index contributed by atoms with van der Waals surface area (Å²) in [6.07, 6.45) is 0.493. The molecule has 0 saturated carbocycles. The molecule has 3 aromatic rings. The molecular weight excluding hydrogens is 354 g/mol. The molecule has 0 aliphatic rings. The summed E-state index contributed by atoms with van der Waals surface area (Å²) < 4.78 is 5.83. The first-order valence-corrected chi connectivity index (χ1v) is 10.3. The zero-order valence-electron chi connectivity index (χ0n) is 16.3. The lowest BCUT2D eigenvalue weighted by molar-refractivity contribution is -0.116. The molecule has 0 aliphatic heterocycles. The second-order valence-electron chi connectivity index (χ2n) is 7.03. The summed E-state index contributed by atoms with van der Waals surface area (Å²) >= 11 is 1.60. The molecule has 3 nitrogen and oxygen atoms in total. The fourth-order valence-electron chi connectivity index (χ4n) is 2.98. The second-order valence-corrected chi connectivity index (χ2v) is 8.02. The fourth-order valence-corrected chi connectivity index (χ4v) is 3.87. The highest BCUT2D eigenvalue weighted by Crippen LogP contribution is 2.25. The first-order chi connectivity index (χ1) is 12.9. The molecule has 140 valence electrons. The number of benzene rings is 2. The van der Waals surface area contributed by atoms with Crippen molar-refractivity contribution in [2.45, 2.75) is 39.9 Å². The zero-order valence-corrected chi connectivity index (χ0v) is 17.2. The van der Waals surface area contributed by atoms with Crippen LogP contribution in [0.2, 0.25) is 0 Å². The van der Waals surface area contributed by atoms with Crippen LogP contribution in [0.5, 0.6) is 0 Å². The molecule has 0 N–H and O–H groups in total. The molecule has 0 aliphatic carbocycles. The topological polar surface area (TPSA) is 43.1 Å². The van der Waals surface area contributed by atoms with Crippen molar-refractivity contribution in [3.8, 4) is 11.5 Å². The van der Waals surface area contributed by atoms with Crippen LogP contribution in [0.3, 0.4) is 0 Å². The van der Waals surface area contributed by atoms with Crippen LogP contribution in [0.15, 0.2) is 46.9 Å². The van der Waals surface area contributed by atoms with Gasteiger partial charge in [0.15, 0.2) is 0 Å². The van der Waals surface area contributed by atoms with Gasteiger partial charge in [0, 0.05) is 17.7 Å². The molecule has 3 rings (SSSR count). The second kappa shape index (κ2) is 8.57. The van der Waals surface area contributed by atoms with E-state index in [4.69, 9.17) is 4.42 Å². The van der Waals surface area contributed by atoms with Crippen LogP contribution in [0, 0.1) is 27.7 Å². The van der Waals surface area contributed by atoms with Crippen molar-refractivity contribution < 1.29 is 9.21 Å². The van der Waals surface area contributed by atoms with E-state index in [1.165, 1.54) is 16.7 Å². The Morgan fingerprint density at radius 3 is 2.59 bits per heavy atom. The predicted molar refractivity (Wildman–Crippen MR) is 112 cm³/mol. The van der Waals surface area contributed by atoms with Crippen molar-refractivity contribution >= 4 is 17.5 Å². The van der Waals surface area contributed by atoms with Gasteiger partial charge >= 0.3 is 0 Å². The summed E-state index contributed by atoms with van der Waals surface area (Å²) in [7, 11) is 0. The van der Waals surface area contributed by atoms with E-state index in [2.05, 4.69) is 56.1 Å². The van der Waals surface area contributed by atoms with Gasteiger partial charge in [-0.2, -0.15) is 0 Å². The number of carbonyl (C=O) groups excluding carboxylic acids is 1. The van der Waals surface area contributed by atoms with E-state index in [-0.39, 0.29) is 5.78 Å². The Kier molecular flexibility index (Phi) is 6.17. The summed E-state index contributed by atoms with van der Waals surface area (Å²) in [4.78, 5) is 17.0. The molecule has 0 spiro atoms. The van der Waals surface area contributed by atoms with E-state index < -0.39 is 0 Å². The Labute approximate surface area is 165 Å². The van der Waals surface area contributed by atoms with E-state index in [9.17, 15) is 4.79 Å². The molecule has 0 atom stereocenters. The van der Waals surface area contributed by atoms with Crippen molar-refractivity contribution in [2.24, 2.45) is 0 Å². The third-order valence-corrected chi connectivity index (χ3v) is 5.56. The van der Waals surface area contributed by atoms with Gasteiger partial charge in [-0.1, -0.05) is 41.5 Å². The normalized spacial score (nSPS) is 11.0. The number of aryl methyl sites for hydroxylation is 4. The van der Waals surface area contributed by atoms with Gasteiger partial charge in [0.05, 0.1) is 11.4 Å². The Morgan fingerprint density at radius 2 is 1.81 bits per heavy atom. The van der Waals surface area contributed by atoms with Gasteiger partial charge in [0.2, 0.25) is 5.89 Å². The maximum Gasteiger partial charge on any atom is 0.226 e. The summed E-state index contributed by atoms with van der Waals surface area (Å²) in [6.45, 7) is 8.10. The zero-order chi connectivity index (χ0) is 19.4. The van der Waals surface area contributed by atoms with Gasteiger partial charge in [0.25, 0.3) is 0 Å². The summed E-state index contributed by atoms with van der Waals surface area (Å²) in [5.41, 5.74) is 6.57. The molecule has 0 unspecified atom stereocenters. The molecule has 27 heavy (non-hydrogen) atoms. The number of nitrogens with zero attached hydrogens (tertiary/aromatic N) is 1. The molecule has 1 aromatic heterocycles. The van der Waals surface area contributed by atoms with E-state index in [1.54, 1.807) is 11.8 Å². The Balaban J connectivity index is 1.57. The van der Waals surface area contributed by atoms with Gasteiger partial charge in [-0.3, -0.25) is 4.79 Å². The number of hydrogen-bond donors (Lipinski definition) is 0. The van der Waals surface area contributed by atoms with Crippen molar-refractivity contribution in [1.29, 1.82) is 0 Å². The van der Waals surface area contributed by atoms with Crippen LogP contribution in [-0.2, 0) is 17.0 Å². The van der Waals surface area contributed by atoms with E-state index in [0.29, 0.717) is 23.8 Å². The van der Waals surface area contributed by atoms with Gasteiger partial charge < -0.3 is 4.42 Å². The van der Waals surface area contributed by atoms with Gasteiger partial charge in [-0.05, 0) is 51.0 Å². The first kappa shape index (κ1) is 19.4. The molecule has 0 radical (unpaired) electrons. The smallest absolute Gasteiger partial charge is 0.226 e. The molecule has 1 heterocycles. The van der Waals surface area contributed by atoms with Gasteiger partial charge in [0.1, 0.15) is 11.5 Å². The highest BCUT2D eigenvalue weighted by Gasteiger charge is 2.13. The number of thioether (sulfide) groups is 1. The lowest BCUT2D eigenvalue weighted by Crippen LogP contribution is -2.07. The molecule has 0 saturated heterocycles. The number of rotatable bonds is 7. The maximum absolute atomic E-state index is 12.4. The van der Waals surface area contributed by atoms with Crippen LogP contribution in [-0.4, -0.2) is 16.5 Å². The molecular formula is C23H25NO2S. The summed E-state index contributed by atoms with van der Waals surface area (Å²) in [6, 6.07) is 14.4. The highest BCUT2D eigenvalue weighted by molar-refractivity contribution is 7.99. The SMILES string of the molecule is Cc1cccc(-c2nc(CSCC(=O)Cc3cc(C)ccc3C)c(C)o2)c1. The third kappa shape index (κ3) is 5.10. The molecule has 0 fully saturated rings. The van der Waals surface area contributed by atoms with Crippen LogP contribution in [0.1, 0.15) is 33.7 Å². The number of oxazole rings is 1. The minimum atomic E-state index is 0.244. The van der Waals surface area contributed by atoms with Crippen molar-refractivity contribution in [3.63, 3.8) is 0 Å². The van der Waals surface area contributed by atoms with Crippen molar-refractivity contribution in [3.05, 3.63) is 76.2 Å². The Bertz CT molecular complexity index is 959. The predicted octanol–water partition coefficient (Wildman–Crippen LogP) is 5.62. The number of Topliss-reactive ketones (excluding diaryl/α,β-unsaturated/α-hetero) is 1. The van der Waals surface area contributed by atoms with E-state index in [1.807, 2.05) is 19.1 Å². The average molecular weight is 380 g/mol. The average Bonchev–Trinajstić information content (AvgIpc) is 2.99. The molecule has 4 heteroatoms. The van der Waals surface area contributed by atoms with Crippen LogP contribution < -0.4 is 0 Å². The Morgan fingerprint density at radius 1 is 1.04 bits per heavy atom. The number of ketones is 1. The Hall–Kier alpha value is -2.33. The first-order valence-electron chi connectivity index (χ1n) is 9.11. The maximum atomic E-state index is 12.4. The third-order valence-electron chi connectivity index (χ3n) is 4.55. The lowest BCUT2D eigenvalue weighted by atomic mass is 10.0. The molecule has 0 amide bonds. The quantitative estimate of drug-likeness (QED) is 0.534. The summed E-state index contributed by atoms with van der Waals surface area (Å²) in [5.74, 6) is 2.88. The minimum Gasteiger partial charge on any atom is -0.441 e. The van der Waals surface area contributed by atoms with Gasteiger partial charge in [-0.25, -0.2) is 4.98 Å². The number of carbonyl (C=O) groups is 1. The minimum absolute atomic E-state index is 0.244. The van der Waals surface area contributed by atoms with Crippen molar-refractivity contribution in [1.82, 2.24) is 4.98 Å². The molecule has 2 aromatic carbocycles. The highest BCUT2D eigenvalue weighted by atomic mass is 32.2. The largest absolute Gasteiger partial charge is 0.441 e. The van der Waals surface area contributed by atoms with Gasteiger partial charge in [-0.15, -0.1) is 11.8 Å². The van der Waals surface area contributed by atoms with E-state index in [0.717, 1.165) is 22.6 Å². The van der Waals surface area contributed by atoms with E-state index >= 15 is 0 Å².